The molecule has 0 aliphatic carbocycles. The van der Waals surface area contributed by atoms with E-state index in [1.165, 1.54) is 0 Å². The summed E-state index contributed by atoms with van der Waals surface area (Å²) in [5, 5.41) is 21.1. The van der Waals surface area contributed by atoms with Gasteiger partial charge in [-0.25, -0.2) is 5.84 Å². The molecule has 3 rings (SSSR count). The van der Waals surface area contributed by atoms with Crippen LogP contribution in [0.25, 0.3) is 11.0 Å². The minimum absolute atomic E-state index is 0.554. The Balaban J connectivity index is 1.85. The molecule has 2 aromatic carbocycles. The van der Waals surface area contributed by atoms with Crippen molar-refractivity contribution in [2.24, 2.45) is 5.84 Å². The summed E-state index contributed by atoms with van der Waals surface area (Å²) in [4.78, 5) is 0. The van der Waals surface area contributed by atoms with Gasteiger partial charge in [-0.15, -0.1) is 5.10 Å². The van der Waals surface area contributed by atoms with Crippen LogP contribution in [-0.2, 0) is 6.54 Å². The van der Waals surface area contributed by atoms with Gasteiger partial charge >= 0.3 is 0 Å². The molecule has 0 fully saturated rings. The fraction of sp³-hybridized carbons (Fsp3) is 0.133. The number of fused-ring (bicyclic) bond motifs is 1. The molecule has 0 amide bonds. The summed E-state index contributed by atoms with van der Waals surface area (Å²) in [6.07, 6.45) is 0. The highest BCUT2D eigenvalue weighted by Gasteiger charge is 2.08. The molecule has 0 atom stereocenters. The van der Waals surface area contributed by atoms with E-state index in [4.69, 9.17) is 11.1 Å². The number of H-pyrrole nitrogens is 1. The van der Waals surface area contributed by atoms with E-state index in [1.54, 1.807) is 17.1 Å². The third kappa shape index (κ3) is 2.55. The Morgan fingerprint density at radius 1 is 1.29 bits per heavy atom. The lowest BCUT2D eigenvalue weighted by molar-refractivity contribution is 0.853. The van der Waals surface area contributed by atoms with E-state index in [2.05, 4.69) is 21.5 Å². The summed E-state index contributed by atoms with van der Waals surface area (Å²) in [5.74, 6) is 6.14. The van der Waals surface area contributed by atoms with Crippen LogP contribution in [0, 0.1) is 18.3 Å². The van der Waals surface area contributed by atoms with E-state index in [0.29, 0.717) is 12.1 Å². The van der Waals surface area contributed by atoms with Crippen LogP contribution in [0.1, 0.15) is 16.7 Å². The van der Waals surface area contributed by atoms with Crippen molar-refractivity contribution >= 4 is 16.7 Å². The van der Waals surface area contributed by atoms with Gasteiger partial charge in [-0.1, -0.05) is 17.3 Å². The molecular weight excluding hydrogens is 264 g/mol. The number of aromatic nitrogens is 3. The number of hydrogen-bond acceptors (Lipinski definition) is 5. The number of nitrogens with one attached hydrogen (secondary N) is 1. The molecule has 21 heavy (non-hydrogen) atoms. The number of nitriles is 1. The van der Waals surface area contributed by atoms with Crippen molar-refractivity contribution in [2.75, 3.05) is 5.01 Å². The number of rotatable bonds is 3. The van der Waals surface area contributed by atoms with Crippen LogP contribution in [0.4, 0.5) is 5.69 Å². The Kier molecular flexibility index (Phi) is 3.26. The predicted molar refractivity (Wildman–Crippen MR) is 80.2 cm³/mol. The summed E-state index contributed by atoms with van der Waals surface area (Å²) in [6.45, 7) is 2.53. The molecule has 104 valence electrons. The van der Waals surface area contributed by atoms with Gasteiger partial charge in [0.05, 0.1) is 29.4 Å². The van der Waals surface area contributed by atoms with Crippen LogP contribution in [0.15, 0.2) is 36.4 Å². The molecule has 0 bridgehead atoms. The van der Waals surface area contributed by atoms with Gasteiger partial charge in [-0.3, -0.25) is 5.10 Å². The number of aryl methyl sites for hydroxylation is 1. The lowest BCUT2D eigenvalue weighted by Gasteiger charge is -2.19. The summed E-state index contributed by atoms with van der Waals surface area (Å²) in [5.41, 5.74) is 5.30. The SMILES string of the molecule is Cc1cc(N(N)Cc2ccc(C#N)cc2)cc2[nH]nnc12. The van der Waals surface area contributed by atoms with Crippen molar-refractivity contribution in [3.63, 3.8) is 0 Å². The van der Waals surface area contributed by atoms with Gasteiger partial charge in [0, 0.05) is 0 Å². The van der Waals surface area contributed by atoms with Crippen LogP contribution < -0.4 is 10.9 Å². The van der Waals surface area contributed by atoms with E-state index in [-0.39, 0.29) is 0 Å². The first-order valence-electron chi connectivity index (χ1n) is 6.50. The van der Waals surface area contributed by atoms with Crippen molar-refractivity contribution in [2.45, 2.75) is 13.5 Å². The first-order chi connectivity index (χ1) is 10.2. The number of nitrogens with zero attached hydrogens (tertiary/aromatic N) is 4. The van der Waals surface area contributed by atoms with Crippen LogP contribution in [0.3, 0.4) is 0 Å². The molecule has 3 N–H and O–H groups in total. The minimum Gasteiger partial charge on any atom is -0.307 e. The molecule has 6 nitrogen and oxygen atoms in total. The Bertz CT molecular complexity index is 812. The van der Waals surface area contributed by atoms with Gasteiger partial charge in [0.1, 0.15) is 5.52 Å². The summed E-state index contributed by atoms with van der Waals surface area (Å²) in [7, 11) is 0. The van der Waals surface area contributed by atoms with E-state index >= 15 is 0 Å². The molecular formula is C15H14N6. The third-order valence-electron chi connectivity index (χ3n) is 3.37. The van der Waals surface area contributed by atoms with Gasteiger partial charge in [-0.05, 0) is 42.3 Å². The van der Waals surface area contributed by atoms with Crippen molar-refractivity contribution in [3.05, 3.63) is 53.1 Å². The Labute approximate surface area is 121 Å². The maximum atomic E-state index is 8.80. The first-order valence-corrected chi connectivity index (χ1v) is 6.50. The zero-order valence-electron chi connectivity index (χ0n) is 11.5. The largest absolute Gasteiger partial charge is 0.307 e. The summed E-state index contributed by atoms with van der Waals surface area (Å²) in [6, 6.07) is 13.4. The number of hydrazine groups is 1. The van der Waals surface area contributed by atoms with E-state index in [1.807, 2.05) is 31.2 Å². The lowest BCUT2D eigenvalue weighted by Crippen LogP contribution is -2.30. The molecule has 0 spiro atoms. The normalized spacial score (nSPS) is 10.5. The van der Waals surface area contributed by atoms with Gasteiger partial charge in [-0.2, -0.15) is 5.26 Å². The fourth-order valence-corrected chi connectivity index (χ4v) is 2.25. The molecule has 0 saturated heterocycles. The molecule has 6 heteroatoms. The smallest absolute Gasteiger partial charge is 0.115 e. The van der Waals surface area contributed by atoms with Gasteiger partial charge < -0.3 is 5.01 Å². The van der Waals surface area contributed by atoms with Crippen molar-refractivity contribution in [1.82, 2.24) is 15.4 Å². The van der Waals surface area contributed by atoms with Crippen molar-refractivity contribution < 1.29 is 0 Å². The summed E-state index contributed by atoms with van der Waals surface area (Å²) < 4.78 is 0. The zero-order chi connectivity index (χ0) is 14.8. The maximum absolute atomic E-state index is 8.80. The quantitative estimate of drug-likeness (QED) is 0.564. The van der Waals surface area contributed by atoms with Crippen LogP contribution >= 0.6 is 0 Å². The molecule has 1 aromatic heterocycles. The molecule has 0 saturated carbocycles. The molecule has 3 aromatic rings. The number of nitrogens with two attached hydrogens (primary N) is 1. The number of anilines is 1. The number of hydrogen-bond donors (Lipinski definition) is 2. The predicted octanol–water partition coefficient (Wildman–Crippen LogP) is 2.02. The number of benzene rings is 2. The third-order valence-corrected chi connectivity index (χ3v) is 3.37. The Morgan fingerprint density at radius 2 is 2.05 bits per heavy atom. The minimum atomic E-state index is 0.554. The van der Waals surface area contributed by atoms with Gasteiger partial charge in [0.15, 0.2) is 0 Å². The highest BCUT2D eigenvalue weighted by atomic mass is 15.4. The second-order valence-corrected chi connectivity index (χ2v) is 4.91. The number of aromatic amines is 1. The van der Waals surface area contributed by atoms with E-state index < -0.39 is 0 Å². The Hall–Kier alpha value is -2.91. The molecule has 0 aliphatic rings. The Morgan fingerprint density at radius 3 is 2.76 bits per heavy atom. The van der Waals surface area contributed by atoms with E-state index in [9.17, 15) is 0 Å². The van der Waals surface area contributed by atoms with Crippen LogP contribution in [-0.4, -0.2) is 15.4 Å². The molecule has 0 radical (unpaired) electrons. The average Bonchev–Trinajstić information content (AvgIpc) is 2.97. The topological polar surface area (TPSA) is 94.6 Å². The maximum Gasteiger partial charge on any atom is 0.115 e. The monoisotopic (exact) mass is 278 g/mol. The van der Waals surface area contributed by atoms with E-state index in [0.717, 1.165) is 27.8 Å². The second-order valence-electron chi connectivity index (χ2n) is 4.91. The highest BCUT2D eigenvalue weighted by Crippen LogP contribution is 2.22. The summed E-state index contributed by atoms with van der Waals surface area (Å²) >= 11 is 0. The molecule has 0 unspecified atom stereocenters. The molecule has 0 aliphatic heterocycles. The average molecular weight is 278 g/mol. The highest BCUT2D eigenvalue weighted by molar-refractivity contribution is 5.81. The zero-order valence-corrected chi connectivity index (χ0v) is 11.5. The lowest BCUT2D eigenvalue weighted by atomic mass is 10.1. The van der Waals surface area contributed by atoms with Gasteiger partial charge in [0.25, 0.3) is 0 Å². The fourth-order valence-electron chi connectivity index (χ4n) is 2.25. The first kappa shape index (κ1) is 13.1. The van der Waals surface area contributed by atoms with Crippen molar-refractivity contribution in [3.8, 4) is 6.07 Å². The van der Waals surface area contributed by atoms with Crippen LogP contribution in [0.5, 0.6) is 0 Å². The standard InChI is InChI=1S/C15H14N6/c1-10-6-13(7-14-15(10)19-20-18-14)21(17)9-12-4-2-11(8-16)3-5-12/h2-7H,9,17H2,1H3,(H,18,19,20). The second kappa shape index (κ2) is 5.23. The van der Waals surface area contributed by atoms with Crippen LogP contribution in [0.2, 0.25) is 0 Å². The van der Waals surface area contributed by atoms with Gasteiger partial charge in [0.2, 0.25) is 0 Å². The molecule has 1 heterocycles. The van der Waals surface area contributed by atoms with Crippen molar-refractivity contribution in [1.29, 1.82) is 5.26 Å².